The van der Waals surface area contributed by atoms with E-state index in [1.807, 2.05) is 12.2 Å². The molecule has 0 bridgehead atoms. The Morgan fingerprint density at radius 2 is 0.835 bits per heavy atom. The normalized spacial score (nSPS) is 18.6. The van der Waals surface area contributed by atoms with Gasteiger partial charge in [0.25, 0.3) is 0 Å². The van der Waals surface area contributed by atoms with E-state index < -0.39 is 67.3 Å². The lowest BCUT2D eigenvalue weighted by Gasteiger charge is -2.40. The van der Waals surface area contributed by atoms with Crippen LogP contribution in [-0.4, -0.2) is 89.2 Å². The molecule has 0 saturated carbocycles. The lowest BCUT2D eigenvalue weighted by Crippen LogP contribution is -2.61. The Morgan fingerprint density at radius 3 is 1.32 bits per heavy atom. The summed E-state index contributed by atoms with van der Waals surface area (Å²) in [6.45, 7) is 5.79. The molecular formula is C67H108O12. The monoisotopic (exact) mass is 1100 g/mol. The molecule has 6 atom stereocenters. The van der Waals surface area contributed by atoms with Gasteiger partial charge >= 0.3 is 23.9 Å². The number of hydrogen-bond acceptors (Lipinski definition) is 11. The Morgan fingerprint density at radius 1 is 0.443 bits per heavy atom. The molecule has 0 aromatic carbocycles. The quantitative estimate of drug-likeness (QED) is 0.0228. The third-order valence-electron chi connectivity index (χ3n) is 13.3. The number of allylic oxidation sites excluding steroid dienone is 17. The van der Waals surface area contributed by atoms with Gasteiger partial charge in [0.05, 0.1) is 13.0 Å². The van der Waals surface area contributed by atoms with Crippen LogP contribution < -0.4 is 0 Å². The highest BCUT2D eigenvalue weighted by atomic mass is 16.7. The molecule has 12 heteroatoms. The van der Waals surface area contributed by atoms with Gasteiger partial charge in [-0.15, -0.1) is 0 Å². The SMILES string of the molecule is CC/C=C\C/C=C\C/C=C\C/C=C\C/C=C\CC(=O)OC1C(OCC(COC(=O)CCCCCCCC/C=C\C/C=C\C/C=C\CCCCC)OC(=O)CCCCCCC/C=C\CCCCCCCC)OC(C(=O)O)C(O)C1O. The highest BCUT2D eigenvalue weighted by Crippen LogP contribution is 2.26. The first-order valence-corrected chi connectivity index (χ1v) is 30.9. The summed E-state index contributed by atoms with van der Waals surface area (Å²) in [5.74, 6) is -3.32. The zero-order chi connectivity index (χ0) is 57.5. The van der Waals surface area contributed by atoms with Crippen molar-refractivity contribution >= 4 is 23.9 Å². The third-order valence-corrected chi connectivity index (χ3v) is 13.3. The second-order valence-electron chi connectivity index (χ2n) is 20.6. The number of esters is 3. The number of carbonyl (C=O) groups excluding carboxylic acids is 3. The van der Waals surface area contributed by atoms with E-state index in [0.717, 1.165) is 116 Å². The first-order chi connectivity index (χ1) is 38.6. The van der Waals surface area contributed by atoms with Crippen LogP contribution in [0.5, 0.6) is 0 Å². The predicted octanol–water partition coefficient (Wildman–Crippen LogP) is 16.2. The zero-order valence-electron chi connectivity index (χ0n) is 49.3. The lowest BCUT2D eigenvalue weighted by molar-refractivity contribution is -0.301. The molecule has 12 nitrogen and oxygen atoms in total. The highest BCUT2D eigenvalue weighted by Gasteiger charge is 2.50. The molecule has 6 unspecified atom stereocenters. The van der Waals surface area contributed by atoms with Crippen molar-refractivity contribution in [3.63, 3.8) is 0 Å². The van der Waals surface area contributed by atoms with Gasteiger partial charge < -0.3 is 39.0 Å². The van der Waals surface area contributed by atoms with Crippen LogP contribution in [0.3, 0.4) is 0 Å². The topological polar surface area (TPSA) is 175 Å². The van der Waals surface area contributed by atoms with E-state index in [9.17, 15) is 34.5 Å². The van der Waals surface area contributed by atoms with Gasteiger partial charge in [-0.25, -0.2) is 4.79 Å². The van der Waals surface area contributed by atoms with Crippen LogP contribution in [0.1, 0.15) is 239 Å². The summed E-state index contributed by atoms with van der Waals surface area (Å²) in [7, 11) is 0. The fourth-order valence-electron chi connectivity index (χ4n) is 8.62. The van der Waals surface area contributed by atoms with Crippen LogP contribution in [0.2, 0.25) is 0 Å². The van der Waals surface area contributed by atoms with Crippen LogP contribution >= 0.6 is 0 Å². The van der Waals surface area contributed by atoms with Crippen molar-refractivity contribution in [2.24, 2.45) is 0 Å². The maximum absolute atomic E-state index is 13.2. The Labute approximate surface area is 478 Å². The minimum Gasteiger partial charge on any atom is -0.479 e. The molecule has 1 saturated heterocycles. The average Bonchev–Trinajstić information content (AvgIpc) is 3.44. The van der Waals surface area contributed by atoms with Crippen molar-refractivity contribution in [1.29, 1.82) is 0 Å². The first-order valence-electron chi connectivity index (χ1n) is 30.9. The van der Waals surface area contributed by atoms with Gasteiger partial charge in [-0.2, -0.15) is 0 Å². The Balaban J connectivity index is 2.74. The highest BCUT2D eigenvalue weighted by molar-refractivity contribution is 5.74. The molecule has 0 aromatic rings. The minimum atomic E-state index is -1.94. The first kappa shape index (κ1) is 72.4. The summed E-state index contributed by atoms with van der Waals surface area (Å²) in [6, 6.07) is 0. The van der Waals surface area contributed by atoms with Crippen LogP contribution in [0.15, 0.2) is 109 Å². The molecule has 3 N–H and O–H groups in total. The molecule has 0 spiro atoms. The number of carboxylic acid groups (broad SMARTS) is 1. The summed E-state index contributed by atoms with van der Waals surface area (Å²) < 4.78 is 28.3. The number of carboxylic acids is 1. The van der Waals surface area contributed by atoms with Crippen LogP contribution in [-0.2, 0) is 42.9 Å². The fourth-order valence-corrected chi connectivity index (χ4v) is 8.62. The molecular weight excluding hydrogens is 997 g/mol. The summed E-state index contributed by atoms with van der Waals surface area (Å²) in [5, 5.41) is 31.5. The Hall–Kier alpha value is -4.62. The van der Waals surface area contributed by atoms with Crippen LogP contribution in [0.4, 0.5) is 0 Å². The largest absolute Gasteiger partial charge is 0.479 e. The fraction of sp³-hybridized carbons (Fsp3) is 0.672. The molecule has 1 rings (SSSR count). The zero-order valence-corrected chi connectivity index (χ0v) is 49.3. The second-order valence-corrected chi connectivity index (χ2v) is 20.6. The molecule has 1 aliphatic heterocycles. The average molecular weight is 1110 g/mol. The molecule has 448 valence electrons. The minimum absolute atomic E-state index is 0.134. The molecule has 0 aromatic heterocycles. The molecule has 0 amide bonds. The van der Waals surface area contributed by atoms with Crippen LogP contribution in [0.25, 0.3) is 0 Å². The van der Waals surface area contributed by atoms with E-state index >= 15 is 0 Å². The second kappa shape index (κ2) is 54.0. The van der Waals surface area contributed by atoms with E-state index in [4.69, 9.17) is 23.7 Å². The smallest absolute Gasteiger partial charge is 0.335 e. The molecule has 0 radical (unpaired) electrons. The summed E-state index contributed by atoms with van der Waals surface area (Å²) in [5.41, 5.74) is 0. The van der Waals surface area contributed by atoms with E-state index in [1.165, 1.54) is 64.2 Å². The number of aliphatic carboxylic acids is 1. The molecule has 1 fully saturated rings. The van der Waals surface area contributed by atoms with Crippen molar-refractivity contribution in [3.8, 4) is 0 Å². The molecule has 1 heterocycles. The van der Waals surface area contributed by atoms with Crippen molar-refractivity contribution in [1.82, 2.24) is 0 Å². The van der Waals surface area contributed by atoms with Gasteiger partial charge in [0, 0.05) is 12.8 Å². The number of aliphatic hydroxyl groups excluding tert-OH is 2. The summed E-state index contributed by atoms with van der Waals surface area (Å²) in [6.07, 6.45) is 60.8. The lowest BCUT2D eigenvalue weighted by atomic mass is 9.98. The van der Waals surface area contributed by atoms with E-state index in [0.29, 0.717) is 19.3 Å². The predicted molar refractivity (Wildman–Crippen MR) is 321 cm³/mol. The number of aliphatic hydroxyl groups is 2. The molecule has 0 aliphatic carbocycles. The van der Waals surface area contributed by atoms with Crippen molar-refractivity contribution in [3.05, 3.63) is 109 Å². The number of unbranched alkanes of at least 4 members (excludes halogenated alkanes) is 20. The molecule has 1 aliphatic rings. The van der Waals surface area contributed by atoms with Crippen LogP contribution in [0, 0.1) is 0 Å². The number of carbonyl (C=O) groups is 4. The maximum Gasteiger partial charge on any atom is 0.335 e. The third kappa shape index (κ3) is 43.8. The van der Waals surface area contributed by atoms with Gasteiger partial charge in [-0.1, -0.05) is 220 Å². The van der Waals surface area contributed by atoms with E-state index in [1.54, 1.807) is 12.2 Å². The van der Waals surface area contributed by atoms with Crippen molar-refractivity contribution in [2.45, 2.75) is 276 Å². The van der Waals surface area contributed by atoms with Crippen molar-refractivity contribution in [2.75, 3.05) is 13.2 Å². The van der Waals surface area contributed by atoms with Gasteiger partial charge in [0.2, 0.25) is 0 Å². The molecule has 79 heavy (non-hydrogen) atoms. The summed E-state index contributed by atoms with van der Waals surface area (Å²) >= 11 is 0. The van der Waals surface area contributed by atoms with Gasteiger partial charge in [-0.05, 0) is 109 Å². The van der Waals surface area contributed by atoms with Gasteiger partial charge in [0.15, 0.2) is 24.6 Å². The van der Waals surface area contributed by atoms with Gasteiger partial charge in [-0.3, -0.25) is 14.4 Å². The van der Waals surface area contributed by atoms with Gasteiger partial charge in [0.1, 0.15) is 18.8 Å². The standard InChI is InChI=1S/C67H108O12/c1-4-7-10-13-16-19-22-25-28-29-30-31-34-35-38-41-44-47-50-53-59(68)75-56-58(77-60(69)54-51-48-45-42-39-36-32-26-23-20-17-14-11-8-5-2)57-76-67-65(63(72)62(71)64(79-67)66(73)74)78-61(70)55-52-49-46-43-40-37-33-27-24-21-18-15-12-9-6-3/h9,12,16,18-19,21,25-28,30-33,40,43,49,52,58,62-65,67,71-72H,4-8,10-11,13-15,17,20,22-24,29,34-39,41-42,44-48,50-51,53-57H2,1-3H3,(H,73,74)/b12-9-,19-16-,21-18-,28-25-,31-30-,32-26-,33-27-,43-40-,52-49-. The maximum atomic E-state index is 13.2. The Kier molecular flexibility index (Phi) is 49.5. The van der Waals surface area contributed by atoms with Crippen molar-refractivity contribution < 1.29 is 58.2 Å². The van der Waals surface area contributed by atoms with E-state index in [2.05, 4.69) is 106 Å². The Bertz CT molecular complexity index is 1790. The number of rotatable bonds is 51. The number of ether oxygens (including phenoxy) is 5. The summed E-state index contributed by atoms with van der Waals surface area (Å²) in [4.78, 5) is 51.2. The van der Waals surface area contributed by atoms with E-state index in [-0.39, 0.29) is 25.9 Å². The number of hydrogen-bond donors (Lipinski definition) is 3.